The zero-order valence-corrected chi connectivity index (χ0v) is 16.4. The molecular formula is C22H28N2O5. The number of hydrogen-bond donors (Lipinski definition) is 3. The second kappa shape index (κ2) is 10.8. The van der Waals surface area contributed by atoms with Crippen molar-refractivity contribution in [2.45, 2.75) is 25.4 Å². The Morgan fingerprint density at radius 3 is 2.62 bits per heavy atom. The molecule has 1 amide bonds. The zero-order valence-electron chi connectivity index (χ0n) is 16.4. The van der Waals surface area contributed by atoms with Gasteiger partial charge in [0.05, 0.1) is 19.3 Å². The summed E-state index contributed by atoms with van der Waals surface area (Å²) in [6, 6.07) is 7.55. The molecule has 3 rings (SSSR count). The maximum absolute atomic E-state index is 11.5. The minimum absolute atomic E-state index is 0.0791. The van der Waals surface area contributed by atoms with Crippen LogP contribution in [0.1, 0.15) is 19.3 Å². The summed E-state index contributed by atoms with van der Waals surface area (Å²) in [7, 11) is 0. The quantitative estimate of drug-likeness (QED) is 0.550. The Morgan fingerprint density at radius 1 is 1.17 bits per heavy atom. The second-order valence-corrected chi connectivity index (χ2v) is 7.00. The van der Waals surface area contributed by atoms with Crippen molar-refractivity contribution in [3.63, 3.8) is 0 Å². The number of hydrogen-bond acceptors (Lipinski definition) is 6. The fourth-order valence-corrected chi connectivity index (χ4v) is 3.18. The number of ether oxygens (including phenoxy) is 3. The summed E-state index contributed by atoms with van der Waals surface area (Å²) in [4.78, 5) is 11.5. The lowest BCUT2D eigenvalue weighted by atomic mass is 10.1. The summed E-state index contributed by atoms with van der Waals surface area (Å²) in [5.41, 5.74) is 8.22. The molecule has 1 fully saturated rings. The molecule has 0 atom stereocenters. The van der Waals surface area contributed by atoms with E-state index in [9.17, 15) is 9.90 Å². The van der Waals surface area contributed by atoms with Crippen LogP contribution in [0.4, 0.5) is 5.69 Å². The van der Waals surface area contributed by atoms with E-state index >= 15 is 0 Å². The molecule has 0 aromatic heterocycles. The van der Waals surface area contributed by atoms with E-state index in [4.69, 9.17) is 19.9 Å². The summed E-state index contributed by atoms with van der Waals surface area (Å²) in [5.74, 6) is 0.251. The van der Waals surface area contributed by atoms with E-state index in [2.05, 4.69) is 5.32 Å². The number of nitrogens with two attached hydrogens (primary N) is 1. The van der Waals surface area contributed by atoms with Crippen LogP contribution in [0.3, 0.4) is 0 Å². The van der Waals surface area contributed by atoms with E-state index in [1.54, 1.807) is 18.2 Å². The van der Waals surface area contributed by atoms with E-state index < -0.39 is 5.91 Å². The number of nitrogens with one attached hydrogen (secondary N) is 1. The molecule has 0 bridgehead atoms. The van der Waals surface area contributed by atoms with Gasteiger partial charge in [-0.1, -0.05) is 6.08 Å². The fraction of sp³-hybridized carbons (Fsp3) is 0.409. The van der Waals surface area contributed by atoms with Gasteiger partial charge >= 0.3 is 0 Å². The first-order valence-corrected chi connectivity index (χ1v) is 9.84. The monoisotopic (exact) mass is 400 g/mol. The van der Waals surface area contributed by atoms with Gasteiger partial charge in [-0.25, -0.2) is 0 Å². The third-order valence-corrected chi connectivity index (χ3v) is 4.77. The predicted molar refractivity (Wildman–Crippen MR) is 110 cm³/mol. The maximum Gasteiger partial charge on any atom is 0.248 e. The largest absolute Gasteiger partial charge is 0.491 e. The van der Waals surface area contributed by atoms with Crippen LogP contribution >= 0.6 is 0 Å². The van der Waals surface area contributed by atoms with Gasteiger partial charge in [-0.2, -0.15) is 0 Å². The number of allylic oxidation sites excluding steroid dienone is 3. The van der Waals surface area contributed by atoms with Gasteiger partial charge < -0.3 is 30.4 Å². The summed E-state index contributed by atoms with van der Waals surface area (Å²) in [6.07, 6.45) is 7.72. The predicted octanol–water partition coefficient (Wildman–Crippen LogP) is 2.29. The number of benzene rings is 1. The van der Waals surface area contributed by atoms with Crippen molar-refractivity contribution in [2.75, 3.05) is 38.4 Å². The van der Waals surface area contributed by atoms with E-state index in [1.165, 1.54) is 0 Å². The van der Waals surface area contributed by atoms with Crippen LogP contribution in [0.25, 0.3) is 0 Å². The van der Waals surface area contributed by atoms with E-state index in [0.29, 0.717) is 25.2 Å². The molecule has 1 aromatic rings. The Morgan fingerprint density at radius 2 is 1.93 bits per heavy atom. The topological polar surface area (TPSA) is 103 Å². The van der Waals surface area contributed by atoms with Gasteiger partial charge in [0.2, 0.25) is 5.91 Å². The molecule has 1 aliphatic heterocycles. The molecule has 156 valence electrons. The molecule has 7 heteroatoms. The highest BCUT2D eigenvalue weighted by Crippen LogP contribution is 2.22. The second-order valence-electron chi connectivity index (χ2n) is 7.00. The van der Waals surface area contributed by atoms with Crippen LogP contribution in [-0.4, -0.2) is 50.2 Å². The molecule has 2 aliphatic rings. The first kappa shape index (κ1) is 21.1. The van der Waals surface area contributed by atoms with Gasteiger partial charge in [0, 0.05) is 36.6 Å². The van der Waals surface area contributed by atoms with E-state index in [-0.39, 0.29) is 12.7 Å². The Balaban J connectivity index is 1.50. The van der Waals surface area contributed by atoms with E-state index in [1.807, 2.05) is 24.3 Å². The van der Waals surface area contributed by atoms with Crippen molar-refractivity contribution in [1.29, 1.82) is 0 Å². The van der Waals surface area contributed by atoms with Gasteiger partial charge in [0.25, 0.3) is 0 Å². The van der Waals surface area contributed by atoms with Gasteiger partial charge in [-0.05, 0) is 54.8 Å². The SMILES string of the molecule is NC(=O)C1=CC=C(CO)CC(Nc2ccc(OCCOC3CCOCC3)cc2)=C1. The Labute approximate surface area is 170 Å². The highest BCUT2D eigenvalue weighted by Gasteiger charge is 2.14. The molecule has 0 unspecified atom stereocenters. The number of aliphatic hydroxyl groups is 1. The molecule has 29 heavy (non-hydrogen) atoms. The number of aliphatic hydroxyl groups excluding tert-OH is 1. The van der Waals surface area contributed by atoms with Gasteiger partial charge in [0.1, 0.15) is 12.4 Å². The lowest BCUT2D eigenvalue weighted by Crippen LogP contribution is -2.25. The van der Waals surface area contributed by atoms with Crippen LogP contribution in [-0.2, 0) is 14.3 Å². The van der Waals surface area contributed by atoms with Crippen molar-refractivity contribution in [3.8, 4) is 5.75 Å². The standard InChI is InChI=1S/C22H28N2O5/c23-22(26)17-2-1-16(15-25)13-19(14-17)24-18-3-5-20(6-4-18)28-11-12-29-21-7-9-27-10-8-21/h1-6,14,21,24-25H,7-13,15H2,(H2,23,26). The number of rotatable bonds is 9. The molecule has 0 radical (unpaired) electrons. The van der Waals surface area contributed by atoms with Crippen LogP contribution in [0.15, 0.2) is 59.3 Å². The highest BCUT2D eigenvalue weighted by atomic mass is 16.5. The molecule has 1 aromatic carbocycles. The van der Waals surface area contributed by atoms with Crippen LogP contribution in [0, 0.1) is 0 Å². The van der Waals surface area contributed by atoms with Crippen LogP contribution in [0.2, 0.25) is 0 Å². The molecule has 4 N–H and O–H groups in total. The number of carbonyl (C=O) groups is 1. The fourth-order valence-electron chi connectivity index (χ4n) is 3.18. The van der Waals surface area contributed by atoms with Crippen molar-refractivity contribution < 1.29 is 24.1 Å². The lowest BCUT2D eigenvalue weighted by molar-refractivity contribution is -0.114. The minimum atomic E-state index is -0.508. The zero-order chi connectivity index (χ0) is 20.5. The molecule has 1 heterocycles. The molecular weight excluding hydrogens is 372 g/mol. The maximum atomic E-state index is 11.5. The number of amides is 1. The third kappa shape index (κ3) is 6.74. The number of anilines is 1. The minimum Gasteiger partial charge on any atom is -0.491 e. The number of primary amides is 1. The Hall–Kier alpha value is -2.61. The smallest absolute Gasteiger partial charge is 0.248 e. The average molecular weight is 400 g/mol. The average Bonchev–Trinajstić information content (AvgIpc) is 2.95. The third-order valence-electron chi connectivity index (χ3n) is 4.77. The molecule has 1 saturated heterocycles. The van der Waals surface area contributed by atoms with Crippen molar-refractivity contribution >= 4 is 11.6 Å². The van der Waals surface area contributed by atoms with Crippen LogP contribution < -0.4 is 15.8 Å². The van der Waals surface area contributed by atoms with Gasteiger partial charge in [-0.3, -0.25) is 4.79 Å². The summed E-state index contributed by atoms with van der Waals surface area (Å²) in [5, 5.41) is 12.7. The molecule has 0 spiro atoms. The molecule has 1 aliphatic carbocycles. The highest BCUT2D eigenvalue weighted by molar-refractivity contribution is 5.95. The number of carbonyl (C=O) groups excluding carboxylic acids is 1. The van der Waals surface area contributed by atoms with Gasteiger partial charge in [0.15, 0.2) is 0 Å². The summed E-state index contributed by atoms with van der Waals surface area (Å²) < 4.78 is 16.8. The lowest BCUT2D eigenvalue weighted by Gasteiger charge is -2.22. The van der Waals surface area contributed by atoms with Gasteiger partial charge in [-0.15, -0.1) is 0 Å². The molecule has 0 saturated carbocycles. The van der Waals surface area contributed by atoms with E-state index in [0.717, 1.165) is 48.8 Å². The first-order valence-electron chi connectivity index (χ1n) is 9.84. The molecule has 7 nitrogen and oxygen atoms in total. The van der Waals surface area contributed by atoms with Crippen molar-refractivity contribution in [1.82, 2.24) is 0 Å². The Bertz CT molecular complexity index is 777. The summed E-state index contributed by atoms with van der Waals surface area (Å²) >= 11 is 0. The Kier molecular flexibility index (Phi) is 7.86. The van der Waals surface area contributed by atoms with Crippen molar-refractivity contribution in [3.05, 3.63) is 59.3 Å². The normalized spacial score (nSPS) is 17.6. The van der Waals surface area contributed by atoms with Crippen molar-refractivity contribution in [2.24, 2.45) is 5.73 Å². The first-order chi connectivity index (χ1) is 14.1. The van der Waals surface area contributed by atoms with Crippen LogP contribution in [0.5, 0.6) is 5.75 Å². The summed E-state index contributed by atoms with van der Waals surface area (Å²) in [6.45, 7) is 2.50.